The van der Waals surface area contributed by atoms with Crippen LogP contribution in [-0.2, 0) is 11.3 Å². The second-order valence-electron chi connectivity index (χ2n) is 4.41. The molecule has 8 heteroatoms. The van der Waals surface area contributed by atoms with Gasteiger partial charge in [-0.1, -0.05) is 6.07 Å². The molecule has 110 valence electrons. The van der Waals surface area contributed by atoms with Crippen molar-refractivity contribution in [3.63, 3.8) is 0 Å². The second kappa shape index (κ2) is 5.29. The van der Waals surface area contributed by atoms with Gasteiger partial charge in [0.1, 0.15) is 5.75 Å². The largest absolute Gasteiger partial charge is 0.573 e. The number of hydrogen-bond donors (Lipinski definition) is 2. The molecule has 1 unspecified atom stereocenters. The number of hydrogen-bond acceptors (Lipinski definition) is 4. The molecule has 0 bridgehead atoms. The van der Waals surface area contributed by atoms with Gasteiger partial charge in [0.15, 0.2) is 0 Å². The monoisotopic (exact) mass is 290 g/mol. The zero-order valence-corrected chi connectivity index (χ0v) is 10.4. The Morgan fingerprint density at radius 3 is 2.65 bits per heavy atom. The van der Waals surface area contributed by atoms with E-state index >= 15 is 0 Å². The first kappa shape index (κ1) is 14.6. The molecule has 1 aromatic rings. The molecule has 0 aliphatic carbocycles. The minimum absolute atomic E-state index is 0.0475. The number of aliphatic hydroxyl groups is 1. The van der Waals surface area contributed by atoms with Crippen LogP contribution in [0.5, 0.6) is 5.75 Å². The van der Waals surface area contributed by atoms with Crippen molar-refractivity contribution in [2.45, 2.75) is 25.4 Å². The lowest BCUT2D eigenvalue weighted by Crippen LogP contribution is -2.26. The summed E-state index contributed by atoms with van der Waals surface area (Å²) in [5.41, 5.74) is 5.77. The Morgan fingerprint density at radius 2 is 2.15 bits per heavy atom. The van der Waals surface area contributed by atoms with E-state index in [9.17, 15) is 23.1 Å². The van der Waals surface area contributed by atoms with Gasteiger partial charge in [0.25, 0.3) is 0 Å². The maximum Gasteiger partial charge on any atom is 0.573 e. The summed E-state index contributed by atoms with van der Waals surface area (Å²) in [6, 6.07) is 3.95. The Kier molecular flexibility index (Phi) is 3.87. The number of anilines is 1. The zero-order chi connectivity index (χ0) is 14.9. The molecule has 1 saturated heterocycles. The molecule has 0 aromatic heterocycles. The van der Waals surface area contributed by atoms with E-state index in [1.807, 2.05) is 0 Å². The van der Waals surface area contributed by atoms with E-state index < -0.39 is 18.2 Å². The fourth-order valence-electron chi connectivity index (χ4n) is 2.04. The first-order valence-electron chi connectivity index (χ1n) is 5.87. The molecule has 1 aliphatic rings. The van der Waals surface area contributed by atoms with Gasteiger partial charge in [-0.3, -0.25) is 4.79 Å². The van der Waals surface area contributed by atoms with Crippen LogP contribution < -0.4 is 15.4 Å². The molecule has 1 atom stereocenters. The Bertz CT molecular complexity index is 519. The molecule has 0 spiro atoms. The summed E-state index contributed by atoms with van der Waals surface area (Å²) in [6.45, 7) is -0.0749. The van der Waals surface area contributed by atoms with E-state index in [0.717, 1.165) is 6.07 Å². The van der Waals surface area contributed by atoms with Gasteiger partial charge in [0.2, 0.25) is 5.91 Å². The average Bonchev–Trinajstić information content (AvgIpc) is 2.66. The van der Waals surface area contributed by atoms with Gasteiger partial charge in [-0.05, 0) is 6.07 Å². The predicted molar refractivity (Wildman–Crippen MR) is 64.0 cm³/mol. The minimum Gasteiger partial charge on any atom is -0.405 e. The van der Waals surface area contributed by atoms with Crippen molar-refractivity contribution < 1.29 is 27.8 Å². The Labute approximate surface area is 112 Å². The fourth-order valence-corrected chi connectivity index (χ4v) is 2.04. The Hall–Kier alpha value is -1.80. The number of alkyl halides is 3. The maximum absolute atomic E-state index is 12.3. The molecule has 2 rings (SSSR count). The molecule has 20 heavy (non-hydrogen) atoms. The summed E-state index contributed by atoms with van der Waals surface area (Å²) in [5, 5.41) is 9.39. The van der Waals surface area contributed by atoms with E-state index in [-0.39, 0.29) is 36.7 Å². The number of halogens is 3. The van der Waals surface area contributed by atoms with Crippen LogP contribution in [0.3, 0.4) is 0 Å². The van der Waals surface area contributed by atoms with Gasteiger partial charge in [-0.15, -0.1) is 13.2 Å². The third kappa shape index (κ3) is 3.20. The van der Waals surface area contributed by atoms with E-state index in [2.05, 4.69) is 4.74 Å². The number of aliphatic hydroxyl groups excluding tert-OH is 1. The summed E-state index contributed by atoms with van der Waals surface area (Å²) in [7, 11) is 0. The van der Waals surface area contributed by atoms with Gasteiger partial charge >= 0.3 is 6.36 Å². The van der Waals surface area contributed by atoms with Gasteiger partial charge in [-0.2, -0.15) is 0 Å². The van der Waals surface area contributed by atoms with Crippen molar-refractivity contribution in [1.29, 1.82) is 0 Å². The lowest BCUT2D eigenvalue weighted by molar-refractivity contribution is -0.274. The lowest BCUT2D eigenvalue weighted by Gasteiger charge is -2.19. The Balaban J connectivity index is 2.32. The highest BCUT2D eigenvalue weighted by molar-refractivity contribution is 5.96. The van der Waals surface area contributed by atoms with E-state index in [0.29, 0.717) is 0 Å². The number of ether oxygens (including phenoxy) is 1. The molecule has 1 aliphatic heterocycles. The number of rotatable bonds is 3. The number of amides is 1. The summed E-state index contributed by atoms with van der Waals surface area (Å²) in [5.74, 6) is -0.789. The van der Waals surface area contributed by atoms with Gasteiger partial charge < -0.3 is 20.5 Å². The molecule has 3 N–H and O–H groups in total. The molecule has 1 aromatic carbocycles. The number of nitrogens with zero attached hydrogens (tertiary/aromatic N) is 1. The molecular formula is C12H13F3N2O3. The van der Waals surface area contributed by atoms with Gasteiger partial charge in [0, 0.05) is 23.9 Å². The molecule has 5 nitrogen and oxygen atoms in total. The van der Waals surface area contributed by atoms with Crippen LogP contribution in [0.1, 0.15) is 12.0 Å². The lowest BCUT2D eigenvalue weighted by atomic mass is 10.1. The molecule has 0 radical (unpaired) electrons. The van der Waals surface area contributed by atoms with E-state index in [4.69, 9.17) is 5.73 Å². The van der Waals surface area contributed by atoms with Crippen LogP contribution in [0, 0.1) is 0 Å². The van der Waals surface area contributed by atoms with Crippen LogP contribution in [0.15, 0.2) is 18.2 Å². The smallest absolute Gasteiger partial charge is 0.405 e. The summed E-state index contributed by atoms with van der Waals surface area (Å²) in [6.07, 6.45) is -5.70. The maximum atomic E-state index is 12.3. The normalized spacial score (nSPS) is 19.6. The minimum atomic E-state index is -4.84. The number of β-amino-alcohol motifs (C(OH)–C–C–N with tert-alkyl or cyclic N) is 1. The first-order chi connectivity index (χ1) is 9.30. The molecular weight excluding hydrogens is 277 g/mol. The van der Waals surface area contributed by atoms with Crippen LogP contribution in [-0.4, -0.2) is 30.0 Å². The SMILES string of the molecule is NCc1ccc(N2CC(O)CC2=O)cc1OC(F)(F)F. The van der Waals surface area contributed by atoms with E-state index in [1.54, 1.807) is 0 Å². The predicted octanol–water partition coefficient (Wildman–Crippen LogP) is 1.14. The van der Waals surface area contributed by atoms with Crippen molar-refractivity contribution >= 4 is 11.6 Å². The van der Waals surface area contributed by atoms with Crippen molar-refractivity contribution in [3.05, 3.63) is 23.8 Å². The third-order valence-corrected chi connectivity index (χ3v) is 2.91. The van der Waals surface area contributed by atoms with Crippen molar-refractivity contribution in [2.75, 3.05) is 11.4 Å². The fraction of sp³-hybridized carbons (Fsp3) is 0.417. The quantitative estimate of drug-likeness (QED) is 0.875. The summed E-state index contributed by atoms with van der Waals surface area (Å²) < 4.78 is 40.9. The molecule has 1 fully saturated rings. The summed E-state index contributed by atoms with van der Waals surface area (Å²) in [4.78, 5) is 12.8. The van der Waals surface area contributed by atoms with Crippen LogP contribution >= 0.6 is 0 Å². The van der Waals surface area contributed by atoms with Crippen molar-refractivity contribution in [3.8, 4) is 5.75 Å². The summed E-state index contributed by atoms with van der Waals surface area (Å²) >= 11 is 0. The number of nitrogens with two attached hydrogens (primary N) is 1. The number of benzene rings is 1. The van der Waals surface area contributed by atoms with Crippen molar-refractivity contribution in [2.24, 2.45) is 5.73 Å². The second-order valence-corrected chi connectivity index (χ2v) is 4.41. The molecule has 0 saturated carbocycles. The average molecular weight is 290 g/mol. The standard InChI is InChI=1S/C12H13F3N2O3/c13-12(14,15)20-10-3-8(2-1-7(10)5-16)17-6-9(18)4-11(17)19/h1-3,9,18H,4-6,16H2. The van der Waals surface area contributed by atoms with Crippen LogP contribution in [0.25, 0.3) is 0 Å². The van der Waals surface area contributed by atoms with Crippen LogP contribution in [0.4, 0.5) is 18.9 Å². The van der Waals surface area contributed by atoms with Crippen molar-refractivity contribution in [1.82, 2.24) is 0 Å². The highest BCUT2D eigenvalue weighted by atomic mass is 19.4. The first-order valence-corrected chi connectivity index (χ1v) is 5.87. The zero-order valence-electron chi connectivity index (χ0n) is 10.4. The highest BCUT2D eigenvalue weighted by Gasteiger charge is 2.33. The Morgan fingerprint density at radius 1 is 1.45 bits per heavy atom. The number of carbonyl (C=O) groups is 1. The van der Waals surface area contributed by atoms with Crippen LogP contribution in [0.2, 0.25) is 0 Å². The van der Waals surface area contributed by atoms with Gasteiger partial charge in [0.05, 0.1) is 19.1 Å². The topological polar surface area (TPSA) is 75.8 Å². The highest BCUT2D eigenvalue weighted by Crippen LogP contribution is 2.32. The van der Waals surface area contributed by atoms with E-state index in [1.165, 1.54) is 17.0 Å². The molecule has 1 heterocycles. The van der Waals surface area contributed by atoms with Gasteiger partial charge in [-0.25, -0.2) is 0 Å². The number of carbonyl (C=O) groups excluding carboxylic acids is 1. The third-order valence-electron chi connectivity index (χ3n) is 2.91. The molecule has 1 amide bonds.